The third-order valence-electron chi connectivity index (χ3n) is 1.90. The first kappa shape index (κ1) is 12.1. The zero-order chi connectivity index (χ0) is 9.40. The molecule has 0 aliphatic carbocycles. The van der Waals surface area contributed by atoms with Crippen LogP contribution in [0.4, 0.5) is 0 Å². The van der Waals surface area contributed by atoms with E-state index in [-0.39, 0.29) is 0 Å². The molecule has 0 saturated carbocycles. The van der Waals surface area contributed by atoms with Gasteiger partial charge < -0.3 is 5.32 Å². The zero-order valence-electron chi connectivity index (χ0n) is 8.43. The van der Waals surface area contributed by atoms with Crippen LogP contribution in [0.15, 0.2) is 0 Å². The Bertz CT molecular complexity index is 128. The first-order valence-corrected chi connectivity index (χ1v) is 6.21. The molecule has 0 saturated heterocycles. The summed E-state index contributed by atoms with van der Waals surface area (Å²) in [6, 6.07) is 0.382. The van der Waals surface area contributed by atoms with E-state index in [9.17, 15) is 4.21 Å². The van der Waals surface area contributed by atoms with E-state index in [1.165, 1.54) is 12.8 Å². The van der Waals surface area contributed by atoms with Gasteiger partial charge in [0, 0.05) is 28.3 Å². The summed E-state index contributed by atoms with van der Waals surface area (Å²) in [4.78, 5) is 0. The van der Waals surface area contributed by atoms with Crippen molar-refractivity contribution in [2.75, 3.05) is 18.6 Å². The Morgan fingerprint density at radius 1 is 1.42 bits per heavy atom. The summed E-state index contributed by atoms with van der Waals surface area (Å²) in [5.41, 5.74) is 0. The minimum atomic E-state index is -0.614. The fourth-order valence-electron chi connectivity index (χ4n) is 0.959. The van der Waals surface area contributed by atoms with Gasteiger partial charge in [0.2, 0.25) is 0 Å². The third-order valence-corrected chi connectivity index (χ3v) is 3.52. The van der Waals surface area contributed by atoms with Gasteiger partial charge in [-0.3, -0.25) is 4.21 Å². The van der Waals surface area contributed by atoms with Crippen LogP contribution in [-0.4, -0.2) is 28.8 Å². The van der Waals surface area contributed by atoms with E-state index in [1.54, 1.807) is 0 Å². The number of rotatable bonds is 7. The van der Waals surface area contributed by atoms with Gasteiger partial charge in [-0.15, -0.1) is 0 Å². The highest BCUT2D eigenvalue weighted by molar-refractivity contribution is 7.85. The van der Waals surface area contributed by atoms with E-state index in [4.69, 9.17) is 0 Å². The van der Waals surface area contributed by atoms with Crippen LogP contribution in [0, 0.1) is 0 Å². The average Bonchev–Trinajstić information content (AvgIpc) is 2.05. The molecule has 0 aliphatic heterocycles. The second kappa shape index (κ2) is 7.74. The Balaban J connectivity index is 3.33. The van der Waals surface area contributed by atoms with Gasteiger partial charge in [-0.1, -0.05) is 19.8 Å². The fourth-order valence-corrected chi connectivity index (χ4v) is 2.38. The molecule has 2 nitrogen and oxygen atoms in total. The van der Waals surface area contributed by atoms with Crippen molar-refractivity contribution < 1.29 is 4.21 Å². The van der Waals surface area contributed by atoms with Gasteiger partial charge in [0.15, 0.2) is 0 Å². The second-order valence-electron chi connectivity index (χ2n) is 3.21. The molecule has 2 atom stereocenters. The maximum atomic E-state index is 11.4. The van der Waals surface area contributed by atoms with E-state index < -0.39 is 10.8 Å². The molecule has 0 aromatic rings. The largest absolute Gasteiger partial charge is 0.316 e. The topological polar surface area (TPSA) is 29.1 Å². The van der Waals surface area contributed by atoms with Crippen LogP contribution in [0.2, 0.25) is 0 Å². The average molecular weight is 191 g/mol. The van der Waals surface area contributed by atoms with Crippen molar-refractivity contribution in [1.29, 1.82) is 0 Å². The smallest absolute Gasteiger partial charge is 0.0386 e. The fraction of sp³-hybridized carbons (Fsp3) is 1.00. The van der Waals surface area contributed by atoms with Crippen molar-refractivity contribution in [2.24, 2.45) is 0 Å². The highest BCUT2D eigenvalue weighted by Gasteiger charge is 2.04. The molecule has 12 heavy (non-hydrogen) atoms. The zero-order valence-corrected chi connectivity index (χ0v) is 9.25. The van der Waals surface area contributed by atoms with E-state index in [1.807, 2.05) is 7.05 Å². The molecular weight excluding hydrogens is 170 g/mol. The van der Waals surface area contributed by atoms with Crippen molar-refractivity contribution in [2.45, 2.75) is 39.2 Å². The predicted octanol–water partition coefficient (Wildman–Crippen LogP) is 1.53. The van der Waals surface area contributed by atoms with E-state index in [2.05, 4.69) is 19.2 Å². The lowest BCUT2D eigenvalue weighted by Crippen LogP contribution is -2.28. The summed E-state index contributed by atoms with van der Waals surface area (Å²) in [6.45, 7) is 4.23. The van der Waals surface area contributed by atoms with Gasteiger partial charge in [-0.25, -0.2) is 0 Å². The van der Waals surface area contributed by atoms with Crippen molar-refractivity contribution in [3.63, 3.8) is 0 Å². The van der Waals surface area contributed by atoms with Gasteiger partial charge in [0.05, 0.1) is 0 Å². The molecule has 3 heteroatoms. The van der Waals surface area contributed by atoms with Crippen LogP contribution >= 0.6 is 0 Å². The maximum absolute atomic E-state index is 11.4. The van der Waals surface area contributed by atoms with E-state index in [0.29, 0.717) is 6.04 Å². The van der Waals surface area contributed by atoms with Crippen LogP contribution in [-0.2, 0) is 10.8 Å². The van der Waals surface area contributed by atoms with Crippen LogP contribution in [0.5, 0.6) is 0 Å². The Hall–Kier alpha value is 0.110. The minimum absolute atomic E-state index is 0.382. The minimum Gasteiger partial charge on any atom is -0.316 e. The molecule has 0 radical (unpaired) electrons. The van der Waals surface area contributed by atoms with Gasteiger partial charge in [-0.2, -0.15) is 0 Å². The van der Waals surface area contributed by atoms with Gasteiger partial charge in [-0.05, 0) is 20.4 Å². The summed E-state index contributed by atoms with van der Waals surface area (Å²) >= 11 is 0. The maximum Gasteiger partial charge on any atom is 0.0386 e. The van der Waals surface area contributed by atoms with Crippen LogP contribution in [0.3, 0.4) is 0 Å². The Morgan fingerprint density at radius 2 is 2.08 bits per heavy atom. The molecule has 0 rings (SSSR count). The number of hydrogen-bond acceptors (Lipinski definition) is 2. The van der Waals surface area contributed by atoms with Crippen LogP contribution in [0.1, 0.15) is 33.1 Å². The third kappa shape index (κ3) is 6.80. The molecule has 0 aliphatic rings. The molecule has 1 N–H and O–H groups in total. The summed E-state index contributed by atoms with van der Waals surface area (Å²) in [5, 5.41) is 3.09. The lowest BCUT2D eigenvalue weighted by atomic mass is 10.3. The highest BCUT2D eigenvalue weighted by atomic mass is 32.2. The molecule has 0 aromatic carbocycles. The van der Waals surface area contributed by atoms with Gasteiger partial charge in [0.1, 0.15) is 0 Å². The van der Waals surface area contributed by atoms with E-state index >= 15 is 0 Å². The standard InChI is InChI=1S/C9H21NOS/c1-4-5-6-7-12(11)8-9(2)10-3/h9-10H,4-8H2,1-3H3. The first-order valence-electron chi connectivity index (χ1n) is 4.73. The molecule has 2 unspecified atom stereocenters. The first-order chi connectivity index (χ1) is 5.70. The molecule has 74 valence electrons. The summed E-state index contributed by atoms with van der Waals surface area (Å²) in [5.74, 6) is 1.67. The van der Waals surface area contributed by atoms with Crippen molar-refractivity contribution in [1.82, 2.24) is 5.32 Å². The van der Waals surface area contributed by atoms with E-state index in [0.717, 1.165) is 17.9 Å². The van der Waals surface area contributed by atoms with Crippen molar-refractivity contribution >= 4 is 10.8 Å². The Kier molecular flexibility index (Phi) is 7.81. The lowest BCUT2D eigenvalue weighted by Gasteiger charge is -2.08. The normalized spacial score (nSPS) is 15.9. The summed E-state index contributed by atoms with van der Waals surface area (Å²) in [7, 11) is 1.30. The molecule has 0 heterocycles. The lowest BCUT2D eigenvalue weighted by molar-refractivity contribution is 0.642. The molecule has 0 fully saturated rings. The molecular formula is C9H21NOS. The number of hydrogen-bond donors (Lipinski definition) is 1. The predicted molar refractivity (Wildman–Crippen MR) is 55.9 cm³/mol. The van der Waals surface area contributed by atoms with Gasteiger partial charge in [0.25, 0.3) is 0 Å². The van der Waals surface area contributed by atoms with Gasteiger partial charge >= 0.3 is 0 Å². The summed E-state index contributed by atoms with van der Waals surface area (Å²) in [6.07, 6.45) is 3.53. The summed E-state index contributed by atoms with van der Waals surface area (Å²) < 4.78 is 11.4. The quantitative estimate of drug-likeness (QED) is 0.618. The second-order valence-corrected chi connectivity index (χ2v) is 4.83. The van der Waals surface area contributed by atoms with Crippen molar-refractivity contribution in [3.8, 4) is 0 Å². The van der Waals surface area contributed by atoms with Crippen LogP contribution in [0.25, 0.3) is 0 Å². The van der Waals surface area contributed by atoms with Crippen molar-refractivity contribution in [3.05, 3.63) is 0 Å². The molecule has 0 bridgehead atoms. The number of unbranched alkanes of at least 4 members (excludes halogenated alkanes) is 2. The monoisotopic (exact) mass is 191 g/mol. The molecule has 0 amide bonds. The SMILES string of the molecule is CCCCCS(=O)CC(C)NC. The number of nitrogens with one attached hydrogen (secondary N) is 1. The molecule has 0 aromatic heterocycles. The molecule has 0 spiro atoms. The van der Waals surface area contributed by atoms with Crippen LogP contribution < -0.4 is 5.32 Å². The highest BCUT2D eigenvalue weighted by Crippen LogP contribution is 1.97. The Morgan fingerprint density at radius 3 is 2.58 bits per heavy atom. The Labute approximate surface area is 78.6 Å².